The lowest BCUT2D eigenvalue weighted by Crippen LogP contribution is -2.46. The highest BCUT2D eigenvalue weighted by atomic mass is 16.5. The van der Waals surface area contributed by atoms with Crippen molar-refractivity contribution in [3.63, 3.8) is 0 Å². The zero-order valence-electron chi connectivity index (χ0n) is 9.48. The van der Waals surface area contributed by atoms with Crippen molar-refractivity contribution in [3.05, 3.63) is 12.5 Å². The molecule has 1 N–H and O–H groups in total. The fraction of sp³-hybridized carbons (Fsp3) is 0.636. The number of anilines is 1. The van der Waals surface area contributed by atoms with Crippen molar-refractivity contribution >= 4 is 11.6 Å². The van der Waals surface area contributed by atoms with E-state index in [0.717, 1.165) is 31.6 Å². The lowest BCUT2D eigenvalue weighted by Gasteiger charge is -2.35. The molecule has 5 nitrogen and oxygen atoms in total. The molecule has 0 radical (unpaired) electrons. The third kappa shape index (κ3) is 2.53. The number of amides is 1. The predicted octanol–water partition coefficient (Wildman–Crippen LogP) is 1.49. The van der Waals surface area contributed by atoms with E-state index >= 15 is 0 Å². The summed E-state index contributed by atoms with van der Waals surface area (Å²) in [5.41, 5.74) is 0.870. The number of piperidine rings is 1. The number of likely N-dealkylation sites (tertiary alicyclic amines) is 1. The Balaban J connectivity index is 1.89. The number of hydrogen-bond acceptors (Lipinski definition) is 4. The first kappa shape index (κ1) is 11.0. The molecule has 2 rings (SSSR count). The summed E-state index contributed by atoms with van der Waals surface area (Å²) in [5, 5.41) is 6.85. The molecule has 1 unspecified atom stereocenters. The van der Waals surface area contributed by atoms with Gasteiger partial charge in [-0.15, -0.1) is 0 Å². The zero-order valence-corrected chi connectivity index (χ0v) is 9.48. The van der Waals surface area contributed by atoms with Gasteiger partial charge in [0.2, 0.25) is 5.91 Å². The van der Waals surface area contributed by atoms with Gasteiger partial charge in [0.25, 0.3) is 0 Å². The number of hydrogen-bond donors (Lipinski definition) is 1. The van der Waals surface area contributed by atoms with Gasteiger partial charge in [-0.25, -0.2) is 0 Å². The molecule has 88 valence electrons. The average molecular weight is 223 g/mol. The largest absolute Gasteiger partial charge is 0.379 e. The first-order valence-electron chi connectivity index (χ1n) is 5.68. The van der Waals surface area contributed by atoms with Crippen molar-refractivity contribution in [1.29, 1.82) is 0 Å². The summed E-state index contributed by atoms with van der Waals surface area (Å²) < 4.78 is 4.74. The summed E-state index contributed by atoms with van der Waals surface area (Å²) in [5.74, 6) is 0.164. The fourth-order valence-corrected chi connectivity index (χ4v) is 2.16. The minimum atomic E-state index is 0.164. The van der Waals surface area contributed by atoms with Crippen LogP contribution in [0.2, 0.25) is 0 Å². The van der Waals surface area contributed by atoms with Crippen LogP contribution in [-0.4, -0.2) is 35.1 Å². The molecule has 16 heavy (non-hydrogen) atoms. The minimum absolute atomic E-state index is 0.164. The first-order chi connectivity index (χ1) is 7.77. The van der Waals surface area contributed by atoms with Crippen LogP contribution in [0.15, 0.2) is 17.0 Å². The van der Waals surface area contributed by atoms with E-state index < -0.39 is 0 Å². The Kier molecular flexibility index (Phi) is 3.44. The summed E-state index contributed by atoms with van der Waals surface area (Å²) in [4.78, 5) is 13.4. The van der Waals surface area contributed by atoms with Crippen LogP contribution in [0.25, 0.3) is 0 Å². The summed E-state index contributed by atoms with van der Waals surface area (Å²) >= 11 is 0. The normalized spacial score (nSPS) is 20.8. The molecule has 1 fully saturated rings. The maximum atomic E-state index is 11.4. The number of rotatable bonds is 3. The SMILES string of the molecule is CC(=O)N1CCCCC1CNc1cnoc1. The number of aromatic nitrogens is 1. The van der Waals surface area contributed by atoms with Gasteiger partial charge in [-0.3, -0.25) is 4.79 Å². The van der Waals surface area contributed by atoms with E-state index in [1.54, 1.807) is 19.4 Å². The van der Waals surface area contributed by atoms with Crippen LogP contribution < -0.4 is 5.32 Å². The van der Waals surface area contributed by atoms with Gasteiger partial charge >= 0.3 is 0 Å². The number of nitrogens with zero attached hydrogens (tertiary/aromatic N) is 2. The van der Waals surface area contributed by atoms with Crippen LogP contribution in [-0.2, 0) is 4.79 Å². The molecule has 0 aliphatic carbocycles. The third-order valence-electron chi connectivity index (χ3n) is 3.01. The second-order valence-electron chi connectivity index (χ2n) is 4.16. The Morgan fingerprint density at radius 2 is 2.56 bits per heavy atom. The predicted molar refractivity (Wildman–Crippen MR) is 60.0 cm³/mol. The van der Waals surface area contributed by atoms with Crippen LogP contribution in [0.1, 0.15) is 26.2 Å². The highest BCUT2D eigenvalue weighted by Crippen LogP contribution is 2.17. The monoisotopic (exact) mass is 223 g/mol. The Morgan fingerprint density at radius 3 is 3.25 bits per heavy atom. The quantitative estimate of drug-likeness (QED) is 0.843. The summed E-state index contributed by atoms with van der Waals surface area (Å²) in [6.45, 7) is 3.28. The highest BCUT2D eigenvalue weighted by molar-refractivity contribution is 5.73. The van der Waals surface area contributed by atoms with Crippen molar-refractivity contribution in [3.8, 4) is 0 Å². The number of carbonyl (C=O) groups is 1. The number of nitrogens with one attached hydrogen (secondary N) is 1. The van der Waals surface area contributed by atoms with Gasteiger partial charge in [-0.1, -0.05) is 5.16 Å². The average Bonchev–Trinajstić information content (AvgIpc) is 2.79. The van der Waals surface area contributed by atoms with Gasteiger partial charge in [0.1, 0.15) is 6.26 Å². The van der Waals surface area contributed by atoms with Gasteiger partial charge in [-0.05, 0) is 19.3 Å². The second kappa shape index (κ2) is 5.01. The molecule has 0 spiro atoms. The molecule has 1 aromatic heterocycles. The lowest BCUT2D eigenvalue weighted by molar-refractivity contribution is -0.132. The smallest absolute Gasteiger partial charge is 0.219 e. The Bertz CT molecular complexity index is 337. The molecular formula is C11H17N3O2. The van der Waals surface area contributed by atoms with E-state index in [1.807, 2.05) is 4.90 Å². The van der Waals surface area contributed by atoms with E-state index in [-0.39, 0.29) is 5.91 Å². The third-order valence-corrected chi connectivity index (χ3v) is 3.01. The standard InChI is InChI=1S/C11H17N3O2/c1-9(15)14-5-3-2-4-11(14)7-12-10-6-13-16-8-10/h6,8,11-12H,2-5,7H2,1H3. The Hall–Kier alpha value is -1.52. The van der Waals surface area contributed by atoms with Crippen molar-refractivity contribution < 1.29 is 9.32 Å². The first-order valence-corrected chi connectivity index (χ1v) is 5.68. The maximum absolute atomic E-state index is 11.4. The lowest BCUT2D eigenvalue weighted by atomic mass is 10.0. The van der Waals surface area contributed by atoms with Gasteiger partial charge in [0.05, 0.1) is 11.9 Å². The highest BCUT2D eigenvalue weighted by Gasteiger charge is 2.23. The molecule has 1 aliphatic rings. The molecule has 0 bridgehead atoms. The minimum Gasteiger partial charge on any atom is -0.379 e. The topological polar surface area (TPSA) is 58.4 Å². The molecule has 1 aliphatic heterocycles. The van der Waals surface area contributed by atoms with Crippen LogP contribution in [0.4, 0.5) is 5.69 Å². The molecule has 1 amide bonds. The van der Waals surface area contributed by atoms with E-state index in [1.165, 1.54) is 6.42 Å². The molecule has 0 aromatic carbocycles. The molecule has 2 heterocycles. The van der Waals surface area contributed by atoms with Gasteiger partial charge in [-0.2, -0.15) is 0 Å². The Morgan fingerprint density at radius 1 is 1.69 bits per heavy atom. The van der Waals surface area contributed by atoms with Crippen molar-refractivity contribution in [2.24, 2.45) is 0 Å². The maximum Gasteiger partial charge on any atom is 0.219 e. The van der Waals surface area contributed by atoms with E-state index in [9.17, 15) is 4.79 Å². The molecule has 5 heteroatoms. The van der Waals surface area contributed by atoms with Crippen LogP contribution in [0.3, 0.4) is 0 Å². The number of carbonyl (C=O) groups excluding carboxylic acids is 1. The van der Waals surface area contributed by atoms with E-state index in [2.05, 4.69) is 10.5 Å². The zero-order chi connectivity index (χ0) is 11.4. The summed E-state index contributed by atoms with van der Waals surface area (Å²) in [6, 6.07) is 0.293. The molecule has 1 aromatic rings. The second-order valence-corrected chi connectivity index (χ2v) is 4.16. The van der Waals surface area contributed by atoms with Gasteiger partial charge in [0.15, 0.2) is 0 Å². The molecule has 1 saturated heterocycles. The summed E-state index contributed by atoms with van der Waals surface area (Å²) in [6.07, 6.45) is 6.59. The van der Waals surface area contributed by atoms with Crippen LogP contribution in [0, 0.1) is 0 Å². The van der Waals surface area contributed by atoms with E-state index in [0.29, 0.717) is 6.04 Å². The van der Waals surface area contributed by atoms with Crippen LogP contribution >= 0.6 is 0 Å². The van der Waals surface area contributed by atoms with Crippen LogP contribution in [0.5, 0.6) is 0 Å². The van der Waals surface area contributed by atoms with Crippen molar-refractivity contribution in [1.82, 2.24) is 10.1 Å². The Labute approximate surface area is 94.8 Å². The molecule has 1 atom stereocenters. The molecule has 0 saturated carbocycles. The van der Waals surface area contributed by atoms with Gasteiger partial charge < -0.3 is 14.7 Å². The van der Waals surface area contributed by atoms with E-state index in [4.69, 9.17) is 4.52 Å². The summed E-state index contributed by atoms with van der Waals surface area (Å²) in [7, 11) is 0. The van der Waals surface area contributed by atoms with Gasteiger partial charge in [0, 0.05) is 26.1 Å². The van der Waals surface area contributed by atoms with Crippen molar-refractivity contribution in [2.45, 2.75) is 32.2 Å². The fourth-order valence-electron chi connectivity index (χ4n) is 2.16. The molecular weight excluding hydrogens is 206 g/mol. The van der Waals surface area contributed by atoms with Crippen molar-refractivity contribution in [2.75, 3.05) is 18.4 Å².